The first-order chi connectivity index (χ1) is 9.01. The number of anilines is 1. The van der Waals surface area contributed by atoms with E-state index >= 15 is 0 Å². The van der Waals surface area contributed by atoms with E-state index in [9.17, 15) is 4.79 Å². The highest BCUT2D eigenvalue weighted by Crippen LogP contribution is 2.35. The number of aryl methyl sites for hydroxylation is 2. The van der Waals surface area contributed by atoms with Crippen LogP contribution in [-0.2, 0) is 0 Å². The molecule has 0 unspecified atom stereocenters. The van der Waals surface area contributed by atoms with E-state index in [4.69, 9.17) is 0 Å². The fourth-order valence-corrected chi connectivity index (χ4v) is 3.31. The Bertz CT molecular complexity index is 540. The van der Waals surface area contributed by atoms with Crippen LogP contribution in [0.25, 0.3) is 0 Å². The van der Waals surface area contributed by atoms with Crippen molar-refractivity contribution < 1.29 is 4.79 Å². The number of benzene rings is 1. The second kappa shape index (κ2) is 4.23. The van der Waals surface area contributed by atoms with Crippen molar-refractivity contribution in [2.45, 2.75) is 32.9 Å². The molecule has 0 aromatic heterocycles. The van der Waals surface area contributed by atoms with Gasteiger partial charge in [-0.2, -0.15) is 0 Å². The summed E-state index contributed by atoms with van der Waals surface area (Å²) >= 11 is 0. The SMILES string of the molecule is Cc1cc(C)c2c(c1)N1CCNCC[C@]1(C)NC2=O. The monoisotopic (exact) mass is 259 g/mol. The molecule has 2 aliphatic rings. The summed E-state index contributed by atoms with van der Waals surface area (Å²) in [5.41, 5.74) is 3.93. The number of fused-ring (bicyclic) bond motifs is 3. The maximum atomic E-state index is 12.4. The molecule has 0 spiro atoms. The summed E-state index contributed by atoms with van der Waals surface area (Å²) in [7, 11) is 0. The van der Waals surface area contributed by atoms with Gasteiger partial charge in [0.1, 0.15) is 5.66 Å². The standard InChI is InChI=1S/C15H21N3O/c1-10-8-11(2)13-12(9-10)18-7-6-16-5-4-15(18,3)17-14(13)19/h8-9,16H,4-7H2,1-3H3,(H,17,19)/t15-/m1/s1. The molecule has 0 saturated carbocycles. The van der Waals surface area contributed by atoms with Crippen LogP contribution in [0.15, 0.2) is 12.1 Å². The summed E-state index contributed by atoms with van der Waals surface area (Å²) in [5, 5.41) is 6.61. The molecule has 0 bridgehead atoms. The Morgan fingerprint density at radius 3 is 2.84 bits per heavy atom. The number of amides is 1. The van der Waals surface area contributed by atoms with E-state index in [-0.39, 0.29) is 11.6 Å². The molecule has 1 aromatic rings. The predicted molar refractivity (Wildman–Crippen MR) is 76.6 cm³/mol. The van der Waals surface area contributed by atoms with E-state index in [0.717, 1.165) is 42.9 Å². The zero-order chi connectivity index (χ0) is 13.6. The van der Waals surface area contributed by atoms with Gasteiger partial charge in [0.15, 0.2) is 0 Å². The van der Waals surface area contributed by atoms with Gasteiger partial charge in [0.25, 0.3) is 5.91 Å². The van der Waals surface area contributed by atoms with Crippen LogP contribution in [0.1, 0.15) is 34.8 Å². The van der Waals surface area contributed by atoms with Crippen LogP contribution in [-0.4, -0.2) is 31.2 Å². The molecular formula is C15H21N3O. The van der Waals surface area contributed by atoms with Gasteiger partial charge >= 0.3 is 0 Å². The summed E-state index contributed by atoms with van der Waals surface area (Å²) in [4.78, 5) is 14.8. The molecule has 2 heterocycles. The van der Waals surface area contributed by atoms with Crippen molar-refractivity contribution in [2.24, 2.45) is 0 Å². The third kappa shape index (κ3) is 1.91. The Hall–Kier alpha value is -1.55. The fourth-order valence-electron chi connectivity index (χ4n) is 3.31. The van der Waals surface area contributed by atoms with Gasteiger partial charge in [0, 0.05) is 19.5 Å². The van der Waals surface area contributed by atoms with Gasteiger partial charge in [-0.3, -0.25) is 4.79 Å². The molecule has 1 aromatic carbocycles. The molecule has 1 saturated heterocycles. The van der Waals surface area contributed by atoms with Gasteiger partial charge < -0.3 is 15.5 Å². The molecule has 19 heavy (non-hydrogen) atoms. The maximum absolute atomic E-state index is 12.4. The highest BCUT2D eigenvalue weighted by Gasteiger charge is 2.41. The molecule has 1 amide bonds. The second-order valence-corrected chi connectivity index (χ2v) is 5.86. The van der Waals surface area contributed by atoms with E-state index in [0.29, 0.717) is 0 Å². The minimum Gasteiger partial charge on any atom is -0.347 e. The van der Waals surface area contributed by atoms with E-state index in [2.05, 4.69) is 41.5 Å². The third-order valence-electron chi connectivity index (χ3n) is 4.26. The summed E-state index contributed by atoms with van der Waals surface area (Å²) < 4.78 is 0. The molecule has 1 atom stereocenters. The molecule has 1 fully saturated rings. The molecule has 3 rings (SSSR count). The van der Waals surface area contributed by atoms with E-state index in [1.54, 1.807) is 0 Å². The van der Waals surface area contributed by atoms with Crippen LogP contribution in [0.5, 0.6) is 0 Å². The largest absolute Gasteiger partial charge is 0.347 e. The lowest BCUT2D eigenvalue weighted by Gasteiger charge is -2.46. The molecule has 4 nitrogen and oxygen atoms in total. The van der Waals surface area contributed by atoms with Crippen molar-refractivity contribution >= 4 is 11.6 Å². The first kappa shape index (κ1) is 12.5. The van der Waals surface area contributed by atoms with Crippen molar-refractivity contribution in [3.05, 3.63) is 28.8 Å². The van der Waals surface area contributed by atoms with Crippen molar-refractivity contribution in [3.63, 3.8) is 0 Å². The van der Waals surface area contributed by atoms with Crippen LogP contribution >= 0.6 is 0 Å². The Balaban J connectivity index is 2.18. The second-order valence-electron chi connectivity index (χ2n) is 5.86. The average Bonchev–Trinajstić information content (AvgIpc) is 2.49. The molecule has 2 aliphatic heterocycles. The molecule has 4 heteroatoms. The van der Waals surface area contributed by atoms with Crippen LogP contribution in [0.3, 0.4) is 0 Å². The van der Waals surface area contributed by atoms with Crippen LogP contribution < -0.4 is 15.5 Å². The summed E-state index contributed by atoms with van der Waals surface area (Å²) in [6, 6.07) is 4.22. The molecule has 0 aliphatic carbocycles. The number of carbonyl (C=O) groups excluding carboxylic acids is 1. The molecule has 2 N–H and O–H groups in total. The van der Waals surface area contributed by atoms with Crippen molar-refractivity contribution in [1.29, 1.82) is 0 Å². The number of hydrogen-bond donors (Lipinski definition) is 2. The highest BCUT2D eigenvalue weighted by molar-refractivity contribution is 6.04. The van der Waals surface area contributed by atoms with Crippen LogP contribution in [0.4, 0.5) is 5.69 Å². The summed E-state index contributed by atoms with van der Waals surface area (Å²) in [6.07, 6.45) is 0.922. The quantitative estimate of drug-likeness (QED) is 0.743. The predicted octanol–water partition coefficient (Wildman–Crippen LogP) is 1.56. The smallest absolute Gasteiger partial charge is 0.255 e. The minimum absolute atomic E-state index is 0.0631. The third-order valence-corrected chi connectivity index (χ3v) is 4.26. The molecule has 102 valence electrons. The van der Waals surface area contributed by atoms with Gasteiger partial charge in [-0.05, 0) is 44.5 Å². The van der Waals surface area contributed by atoms with Gasteiger partial charge in [-0.15, -0.1) is 0 Å². The van der Waals surface area contributed by atoms with Crippen LogP contribution in [0.2, 0.25) is 0 Å². The Kier molecular flexibility index (Phi) is 2.78. The summed E-state index contributed by atoms with van der Waals surface area (Å²) in [6.45, 7) is 9.05. The lowest BCUT2D eigenvalue weighted by molar-refractivity contribution is 0.0887. The zero-order valence-corrected chi connectivity index (χ0v) is 11.8. The minimum atomic E-state index is -0.270. The first-order valence-electron chi connectivity index (χ1n) is 6.93. The average molecular weight is 259 g/mol. The summed E-state index contributed by atoms with van der Waals surface area (Å²) in [5.74, 6) is 0.0631. The maximum Gasteiger partial charge on any atom is 0.255 e. The Labute approximate surface area is 114 Å². The number of carbonyl (C=O) groups is 1. The van der Waals surface area contributed by atoms with Gasteiger partial charge in [-0.25, -0.2) is 0 Å². The Morgan fingerprint density at radius 1 is 1.26 bits per heavy atom. The fraction of sp³-hybridized carbons (Fsp3) is 0.533. The van der Waals surface area contributed by atoms with E-state index in [1.807, 2.05) is 6.92 Å². The van der Waals surface area contributed by atoms with Gasteiger partial charge in [-0.1, -0.05) is 6.07 Å². The van der Waals surface area contributed by atoms with Crippen molar-refractivity contribution in [1.82, 2.24) is 10.6 Å². The van der Waals surface area contributed by atoms with E-state index in [1.165, 1.54) is 5.56 Å². The van der Waals surface area contributed by atoms with Crippen LogP contribution in [0, 0.1) is 13.8 Å². The molecule has 0 radical (unpaired) electrons. The number of rotatable bonds is 0. The van der Waals surface area contributed by atoms with Gasteiger partial charge in [0.2, 0.25) is 0 Å². The lowest BCUT2D eigenvalue weighted by Crippen LogP contribution is -2.62. The first-order valence-corrected chi connectivity index (χ1v) is 6.93. The van der Waals surface area contributed by atoms with E-state index < -0.39 is 0 Å². The topological polar surface area (TPSA) is 44.4 Å². The van der Waals surface area contributed by atoms with Gasteiger partial charge in [0.05, 0.1) is 11.3 Å². The lowest BCUT2D eigenvalue weighted by atomic mass is 9.94. The molecular weight excluding hydrogens is 238 g/mol. The Morgan fingerprint density at radius 2 is 2.05 bits per heavy atom. The number of hydrogen-bond acceptors (Lipinski definition) is 3. The number of nitrogens with zero attached hydrogens (tertiary/aromatic N) is 1. The van der Waals surface area contributed by atoms with Crippen molar-refractivity contribution in [2.75, 3.05) is 24.5 Å². The number of nitrogens with one attached hydrogen (secondary N) is 2. The normalized spacial score (nSPS) is 26.3. The highest BCUT2D eigenvalue weighted by atomic mass is 16.2. The van der Waals surface area contributed by atoms with Crippen molar-refractivity contribution in [3.8, 4) is 0 Å². The zero-order valence-electron chi connectivity index (χ0n) is 11.8.